The number of anilines is 4. The van der Waals surface area contributed by atoms with Crippen LogP contribution in [0.2, 0.25) is 0 Å². The Hall–Kier alpha value is -4.93. The first kappa shape index (κ1) is 23.8. The zero-order chi connectivity index (χ0) is 25.9. The predicted molar refractivity (Wildman–Crippen MR) is 133 cm³/mol. The summed E-state index contributed by atoms with van der Waals surface area (Å²) in [6.07, 6.45) is 1.04. The molecule has 11 heteroatoms. The van der Waals surface area contributed by atoms with Crippen LogP contribution >= 0.6 is 0 Å². The molecule has 3 aromatic heterocycles. The zero-order valence-electron chi connectivity index (χ0n) is 19.8. The van der Waals surface area contributed by atoms with E-state index in [0.717, 1.165) is 6.20 Å². The van der Waals surface area contributed by atoms with Crippen LogP contribution in [0.1, 0.15) is 35.0 Å². The second kappa shape index (κ2) is 9.97. The maximum Gasteiger partial charge on any atom is 0.374 e. The molecule has 2 aromatic carbocycles. The molecule has 0 spiro atoms. The molecule has 0 fully saturated rings. The summed E-state index contributed by atoms with van der Waals surface area (Å²) in [5, 5.41) is 7.24. The van der Waals surface area contributed by atoms with Crippen LogP contribution in [0.3, 0.4) is 0 Å². The summed E-state index contributed by atoms with van der Waals surface area (Å²) in [6, 6.07) is 13.3. The lowest BCUT2D eigenvalue weighted by atomic mass is 10.2. The van der Waals surface area contributed by atoms with Crippen LogP contribution in [0.25, 0.3) is 21.9 Å². The highest BCUT2D eigenvalue weighted by atomic mass is 19.1. The third kappa shape index (κ3) is 5.06. The van der Waals surface area contributed by atoms with Crippen LogP contribution in [0, 0.1) is 5.82 Å². The molecule has 0 radical (unpaired) electrons. The van der Waals surface area contributed by atoms with Crippen molar-refractivity contribution in [1.82, 2.24) is 9.97 Å². The number of hydrogen-bond donors (Lipinski definition) is 2. The molecule has 0 aliphatic rings. The largest absolute Gasteiger partial charge is 0.460 e. The Balaban J connectivity index is 1.35. The molecule has 3 heterocycles. The molecule has 5 rings (SSSR count). The summed E-state index contributed by atoms with van der Waals surface area (Å²) < 4.78 is 35.5. The van der Waals surface area contributed by atoms with Crippen molar-refractivity contribution >= 4 is 57.0 Å². The van der Waals surface area contributed by atoms with E-state index < -0.39 is 17.8 Å². The number of halogens is 1. The number of esters is 2. The van der Waals surface area contributed by atoms with E-state index in [4.69, 9.17) is 18.3 Å². The smallest absolute Gasteiger partial charge is 0.374 e. The minimum atomic E-state index is -0.658. The highest BCUT2D eigenvalue weighted by Crippen LogP contribution is 2.28. The fraction of sp³-hybridized carbons (Fsp3) is 0.154. The molecule has 0 aliphatic heterocycles. The molecule has 0 saturated heterocycles. The van der Waals surface area contributed by atoms with Crippen molar-refractivity contribution in [3.8, 4) is 0 Å². The molecule has 0 atom stereocenters. The minimum Gasteiger partial charge on any atom is -0.460 e. The van der Waals surface area contributed by atoms with E-state index in [1.807, 2.05) is 0 Å². The Labute approximate surface area is 209 Å². The number of aromatic nitrogens is 2. The van der Waals surface area contributed by atoms with E-state index in [0.29, 0.717) is 33.3 Å². The van der Waals surface area contributed by atoms with Gasteiger partial charge >= 0.3 is 11.9 Å². The maximum atomic E-state index is 14.5. The van der Waals surface area contributed by atoms with E-state index in [1.165, 1.54) is 0 Å². The van der Waals surface area contributed by atoms with Crippen molar-refractivity contribution in [3.05, 3.63) is 72.1 Å². The number of carbonyl (C=O) groups is 2. The average molecular weight is 504 g/mol. The Bertz CT molecular complexity index is 1630. The van der Waals surface area contributed by atoms with Gasteiger partial charge in [-0.1, -0.05) is 0 Å². The van der Waals surface area contributed by atoms with Gasteiger partial charge in [0.05, 0.1) is 19.4 Å². The summed E-state index contributed by atoms with van der Waals surface area (Å²) in [4.78, 5) is 32.1. The van der Waals surface area contributed by atoms with Gasteiger partial charge in [-0.2, -0.15) is 4.98 Å². The highest BCUT2D eigenvalue weighted by Gasteiger charge is 2.16. The van der Waals surface area contributed by atoms with Crippen LogP contribution in [0.15, 0.2) is 63.6 Å². The van der Waals surface area contributed by atoms with E-state index in [2.05, 4.69) is 20.6 Å². The lowest BCUT2D eigenvalue weighted by molar-refractivity contribution is 0.0484. The number of carbonyl (C=O) groups excluding carboxylic acids is 2. The fourth-order valence-electron chi connectivity index (χ4n) is 3.63. The topological polar surface area (TPSA) is 129 Å². The number of rotatable bonds is 8. The van der Waals surface area contributed by atoms with Gasteiger partial charge < -0.3 is 28.9 Å². The van der Waals surface area contributed by atoms with Gasteiger partial charge in [0.2, 0.25) is 17.5 Å². The minimum absolute atomic E-state index is 0.0556. The number of ether oxygens (including phenoxy) is 2. The Morgan fingerprint density at radius 3 is 1.92 bits per heavy atom. The van der Waals surface area contributed by atoms with Crippen molar-refractivity contribution in [3.63, 3.8) is 0 Å². The summed E-state index contributed by atoms with van der Waals surface area (Å²) in [6.45, 7) is 3.90. The number of furan rings is 2. The van der Waals surface area contributed by atoms with Crippen molar-refractivity contribution in [1.29, 1.82) is 0 Å². The van der Waals surface area contributed by atoms with Crippen molar-refractivity contribution in [2.24, 2.45) is 0 Å². The van der Waals surface area contributed by atoms with Crippen LogP contribution in [0.4, 0.5) is 27.5 Å². The van der Waals surface area contributed by atoms with E-state index >= 15 is 0 Å². The number of benzene rings is 2. The Morgan fingerprint density at radius 2 is 1.38 bits per heavy atom. The number of hydrogen-bond acceptors (Lipinski definition) is 10. The van der Waals surface area contributed by atoms with Crippen LogP contribution in [0.5, 0.6) is 0 Å². The van der Waals surface area contributed by atoms with Gasteiger partial charge in [-0.05, 0) is 62.4 Å². The molecule has 0 saturated carbocycles. The van der Waals surface area contributed by atoms with Gasteiger partial charge in [0.25, 0.3) is 0 Å². The molecule has 5 aromatic rings. The van der Waals surface area contributed by atoms with Gasteiger partial charge in [0.15, 0.2) is 11.6 Å². The van der Waals surface area contributed by atoms with Gasteiger partial charge in [-0.3, -0.25) is 0 Å². The Kier molecular flexibility index (Phi) is 6.42. The lowest BCUT2D eigenvalue weighted by Crippen LogP contribution is -2.03. The van der Waals surface area contributed by atoms with Crippen molar-refractivity contribution < 1.29 is 32.3 Å². The molecular formula is C26H21FN4O6. The predicted octanol–water partition coefficient (Wildman–Crippen LogP) is 5.95. The first-order valence-electron chi connectivity index (χ1n) is 11.4. The third-order valence-corrected chi connectivity index (χ3v) is 5.25. The Morgan fingerprint density at radius 1 is 0.838 bits per heavy atom. The summed E-state index contributed by atoms with van der Waals surface area (Å²) in [7, 11) is 0. The molecule has 2 N–H and O–H groups in total. The second-order valence-corrected chi connectivity index (χ2v) is 7.81. The van der Waals surface area contributed by atoms with Crippen LogP contribution < -0.4 is 10.6 Å². The molecular weight excluding hydrogens is 483 g/mol. The molecule has 0 unspecified atom stereocenters. The number of nitrogens with zero attached hydrogens (tertiary/aromatic N) is 2. The average Bonchev–Trinajstić information content (AvgIpc) is 3.50. The van der Waals surface area contributed by atoms with Crippen LogP contribution in [-0.4, -0.2) is 35.1 Å². The summed E-state index contributed by atoms with van der Waals surface area (Å²) in [5.41, 5.74) is 2.13. The van der Waals surface area contributed by atoms with Gasteiger partial charge in [0, 0.05) is 22.1 Å². The fourth-order valence-corrected chi connectivity index (χ4v) is 3.63. The second-order valence-electron chi connectivity index (χ2n) is 7.81. The normalized spacial score (nSPS) is 11.0. The standard InChI is InChI=1S/C26H21FN4O6/c1-3-34-24(32)21-11-14-9-16(5-7-19(14)36-21)29-23-18(27)13-28-26(31-23)30-17-6-8-20-15(10-17)12-22(37-20)25(33)35-4-2/h5-13H,3-4H2,1-2H3,(H2,28,29,30,31). The highest BCUT2D eigenvalue weighted by molar-refractivity contribution is 5.94. The summed E-state index contributed by atoms with van der Waals surface area (Å²) in [5.74, 6) is -1.49. The lowest BCUT2D eigenvalue weighted by Gasteiger charge is -2.09. The molecule has 188 valence electrons. The van der Waals surface area contributed by atoms with E-state index in [9.17, 15) is 14.0 Å². The van der Waals surface area contributed by atoms with E-state index in [-0.39, 0.29) is 36.5 Å². The zero-order valence-corrected chi connectivity index (χ0v) is 19.8. The SMILES string of the molecule is CCOC(=O)c1cc2cc(Nc3ncc(F)c(Nc4ccc5oc(C(=O)OCC)cc5c4)n3)ccc2o1. The number of fused-ring (bicyclic) bond motifs is 2. The van der Waals surface area contributed by atoms with Crippen LogP contribution in [-0.2, 0) is 9.47 Å². The third-order valence-electron chi connectivity index (χ3n) is 5.25. The molecule has 0 amide bonds. The number of nitrogens with one attached hydrogen (secondary N) is 2. The molecule has 10 nitrogen and oxygen atoms in total. The first-order valence-corrected chi connectivity index (χ1v) is 11.4. The van der Waals surface area contributed by atoms with E-state index in [1.54, 1.807) is 62.4 Å². The maximum absolute atomic E-state index is 14.5. The van der Waals surface area contributed by atoms with Gasteiger partial charge in [-0.25, -0.2) is 19.0 Å². The monoisotopic (exact) mass is 504 g/mol. The first-order chi connectivity index (χ1) is 17.9. The summed E-state index contributed by atoms with van der Waals surface area (Å²) >= 11 is 0. The van der Waals surface area contributed by atoms with Gasteiger partial charge in [-0.15, -0.1) is 0 Å². The molecule has 0 bridgehead atoms. The van der Waals surface area contributed by atoms with Crippen molar-refractivity contribution in [2.45, 2.75) is 13.8 Å². The van der Waals surface area contributed by atoms with Crippen molar-refractivity contribution in [2.75, 3.05) is 23.8 Å². The quantitative estimate of drug-likeness (QED) is 0.245. The van der Waals surface area contributed by atoms with Gasteiger partial charge in [0.1, 0.15) is 11.2 Å². The molecule has 0 aliphatic carbocycles. The molecule has 37 heavy (non-hydrogen) atoms.